The first-order valence-corrected chi connectivity index (χ1v) is 9.88. The molecule has 0 saturated carbocycles. The van der Waals surface area contributed by atoms with E-state index in [0.717, 1.165) is 18.6 Å². The van der Waals surface area contributed by atoms with Crippen molar-refractivity contribution in [2.24, 2.45) is 0 Å². The van der Waals surface area contributed by atoms with Gasteiger partial charge in [0.25, 0.3) is 0 Å². The van der Waals surface area contributed by atoms with Crippen molar-refractivity contribution in [1.29, 1.82) is 0 Å². The van der Waals surface area contributed by atoms with Gasteiger partial charge in [0, 0.05) is 6.54 Å². The average Bonchev–Trinajstić information content (AvgIpc) is 2.62. The summed E-state index contributed by atoms with van der Waals surface area (Å²) >= 11 is 0. The van der Waals surface area contributed by atoms with Gasteiger partial charge in [-0.1, -0.05) is 24.3 Å². The Morgan fingerprint density at radius 3 is 2.57 bits per heavy atom. The first-order valence-electron chi connectivity index (χ1n) is 9.88. The molecule has 28 heavy (non-hydrogen) atoms. The molecule has 0 radical (unpaired) electrons. The zero-order valence-corrected chi connectivity index (χ0v) is 17.4. The van der Waals surface area contributed by atoms with Gasteiger partial charge < -0.3 is 23.8 Å². The topological polar surface area (TPSA) is 57.2 Å². The molecule has 2 unspecified atom stereocenters. The number of carbonyl (C=O) groups excluding carboxylic acids is 1. The molecule has 2 aliphatic heterocycles. The summed E-state index contributed by atoms with van der Waals surface area (Å²) in [4.78, 5) is 14.6. The maximum absolute atomic E-state index is 12.8. The molecule has 0 aromatic heterocycles. The van der Waals surface area contributed by atoms with Crippen LogP contribution < -0.4 is 4.74 Å². The van der Waals surface area contributed by atoms with E-state index in [1.54, 1.807) is 12.0 Å². The summed E-state index contributed by atoms with van der Waals surface area (Å²) in [5.41, 5.74) is 0.650. The third-order valence-corrected chi connectivity index (χ3v) is 4.99. The molecule has 0 aliphatic carbocycles. The van der Waals surface area contributed by atoms with Gasteiger partial charge in [0.2, 0.25) is 0 Å². The van der Waals surface area contributed by atoms with Crippen molar-refractivity contribution in [2.75, 3.05) is 13.7 Å². The number of para-hydroxylation sites is 1. The van der Waals surface area contributed by atoms with Crippen molar-refractivity contribution >= 4 is 6.09 Å². The van der Waals surface area contributed by atoms with Crippen LogP contribution in [0.25, 0.3) is 0 Å². The molecule has 0 N–H and O–H groups in total. The van der Waals surface area contributed by atoms with Gasteiger partial charge in [0.15, 0.2) is 12.6 Å². The number of nitrogens with zero attached hydrogens (tertiary/aromatic N) is 1. The second-order valence-corrected chi connectivity index (χ2v) is 8.30. The van der Waals surface area contributed by atoms with E-state index in [4.69, 9.17) is 18.9 Å². The van der Waals surface area contributed by atoms with E-state index < -0.39 is 5.60 Å². The summed E-state index contributed by atoms with van der Waals surface area (Å²) in [5, 5.41) is 0. The largest absolute Gasteiger partial charge is 0.496 e. The lowest BCUT2D eigenvalue weighted by Crippen LogP contribution is -2.47. The number of hydrogen-bond donors (Lipinski definition) is 0. The van der Waals surface area contributed by atoms with Crippen LogP contribution in [0.1, 0.15) is 52.0 Å². The summed E-state index contributed by atoms with van der Waals surface area (Å²) < 4.78 is 22.2. The Bertz CT molecular complexity index is 705. The van der Waals surface area contributed by atoms with Crippen molar-refractivity contribution in [3.8, 4) is 5.75 Å². The van der Waals surface area contributed by atoms with Crippen LogP contribution >= 0.6 is 0 Å². The number of amides is 1. The fraction of sp³-hybridized carbons (Fsp3) is 0.591. The van der Waals surface area contributed by atoms with E-state index in [0.29, 0.717) is 12.5 Å². The van der Waals surface area contributed by atoms with E-state index in [2.05, 4.69) is 6.07 Å². The zero-order chi connectivity index (χ0) is 20.3. The van der Waals surface area contributed by atoms with Crippen LogP contribution in [-0.4, -0.2) is 48.9 Å². The Balaban J connectivity index is 1.77. The maximum atomic E-state index is 12.8. The van der Waals surface area contributed by atoms with Crippen molar-refractivity contribution < 1.29 is 23.7 Å². The summed E-state index contributed by atoms with van der Waals surface area (Å²) in [6.07, 6.45) is 4.72. The van der Waals surface area contributed by atoms with E-state index in [1.807, 2.05) is 58.0 Å². The van der Waals surface area contributed by atoms with Gasteiger partial charge in [-0.05, 0) is 64.2 Å². The van der Waals surface area contributed by atoms with Gasteiger partial charge in [-0.2, -0.15) is 0 Å². The predicted octanol–water partition coefficient (Wildman–Crippen LogP) is 4.45. The van der Waals surface area contributed by atoms with E-state index in [-0.39, 0.29) is 24.7 Å². The van der Waals surface area contributed by atoms with E-state index in [9.17, 15) is 4.79 Å². The highest BCUT2D eigenvalue weighted by Crippen LogP contribution is 2.37. The number of ether oxygens (including phenoxy) is 4. The van der Waals surface area contributed by atoms with Crippen LogP contribution in [0, 0.1) is 0 Å². The number of benzene rings is 1. The lowest BCUT2D eigenvalue weighted by molar-refractivity contribution is -0.354. The van der Waals surface area contributed by atoms with Crippen molar-refractivity contribution in [3.05, 3.63) is 42.0 Å². The molecule has 2 aliphatic rings. The highest BCUT2D eigenvalue weighted by molar-refractivity contribution is 5.69. The average molecular weight is 389 g/mol. The van der Waals surface area contributed by atoms with Gasteiger partial charge in [0.1, 0.15) is 11.4 Å². The molecular formula is C22H31NO5. The minimum absolute atomic E-state index is 0.0957. The molecular weight excluding hydrogens is 358 g/mol. The normalized spacial score (nSPS) is 28.1. The molecule has 154 valence electrons. The second kappa shape index (κ2) is 8.53. The Morgan fingerprint density at radius 2 is 1.93 bits per heavy atom. The third-order valence-electron chi connectivity index (χ3n) is 4.99. The summed E-state index contributed by atoms with van der Waals surface area (Å²) in [6, 6.07) is 7.99. The molecule has 2 heterocycles. The van der Waals surface area contributed by atoms with Crippen molar-refractivity contribution in [3.63, 3.8) is 0 Å². The van der Waals surface area contributed by atoms with Gasteiger partial charge in [-0.15, -0.1) is 0 Å². The molecule has 1 aromatic rings. The molecule has 6 nitrogen and oxygen atoms in total. The molecule has 1 amide bonds. The number of hydrogen-bond acceptors (Lipinski definition) is 5. The van der Waals surface area contributed by atoms with Crippen LogP contribution in [0.4, 0.5) is 4.79 Å². The number of methoxy groups -OCH3 is 1. The van der Waals surface area contributed by atoms with Crippen LogP contribution in [0.15, 0.2) is 36.4 Å². The lowest BCUT2D eigenvalue weighted by atomic mass is 9.84. The number of carbonyl (C=O) groups is 1. The third kappa shape index (κ3) is 5.06. The molecule has 2 saturated heterocycles. The Kier molecular flexibility index (Phi) is 6.30. The minimum Gasteiger partial charge on any atom is -0.496 e. The van der Waals surface area contributed by atoms with Crippen molar-refractivity contribution in [1.82, 2.24) is 4.90 Å². The Labute approximate surface area is 167 Å². The number of rotatable bonds is 4. The van der Waals surface area contributed by atoms with E-state index >= 15 is 0 Å². The summed E-state index contributed by atoms with van der Waals surface area (Å²) in [6.45, 7) is 8.13. The van der Waals surface area contributed by atoms with Crippen LogP contribution in [0.3, 0.4) is 0 Å². The Morgan fingerprint density at radius 1 is 1.21 bits per heavy atom. The number of piperidine rings is 1. The van der Waals surface area contributed by atoms with Gasteiger partial charge >= 0.3 is 6.09 Å². The van der Waals surface area contributed by atoms with Crippen LogP contribution in [0.2, 0.25) is 0 Å². The van der Waals surface area contributed by atoms with Gasteiger partial charge in [-0.25, -0.2) is 4.79 Å². The minimum atomic E-state index is -0.527. The molecule has 0 spiro atoms. The van der Waals surface area contributed by atoms with Crippen LogP contribution in [-0.2, 0) is 14.2 Å². The zero-order valence-electron chi connectivity index (χ0n) is 17.4. The first kappa shape index (κ1) is 20.7. The highest BCUT2D eigenvalue weighted by atomic mass is 16.9. The van der Waals surface area contributed by atoms with Crippen molar-refractivity contribution in [2.45, 2.75) is 70.7 Å². The fourth-order valence-electron chi connectivity index (χ4n) is 3.71. The van der Waals surface area contributed by atoms with Gasteiger partial charge in [-0.3, -0.25) is 0 Å². The predicted molar refractivity (Wildman–Crippen MR) is 106 cm³/mol. The second-order valence-electron chi connectivity index (χ2n) is 8.30. The standard InChI is InChI=1S/C22H31NO5/c1-15-26-20(27-15)11-10-17-14-16(18-8-6-7-9-19(18)25-5)12-13-23(17)21(24)28-22(2,3)4/h6-11,15-17,20H,12-14H2,1-5H3/b11-10+. The SMILES string of the molecule is COc1ccccc1C1CCN(C(=O)OC(C)(C)C)C(/C=C/C2OC(C)O2)C1. The molecule has 2 atom stereocenters. The fourth-order valence-corrected chi connectivity index (χ4v) is 3.71. The van der Waals surface area contributed by atoms with Gasteiger partial charge in [0.05, 0.1) is 13.2 Å². The summed E-state index contributed by atoms with van der Waals surface area (Å²) in [5.74, 6) is 1.19. The summed E-state index contributed by atoms with van der Waals surface area (Å²) in [7, 11) is 1.69. The smallest absolute Gasteiger partial charge is 0.410 e. The quantitative estimate of drug-likeness (QED) is 0.712. The monoisotopic (exact) mass is 389 g/mol. The molecule has 0 bridgehead atoms. The maximum Gasteiger partial charge on any atom is 0.410 e. The lowest BCUT2D eigenvalue weighted by Gasteiger charge is -2.39. The molecule has 1 aromatic carbocycles. The Hall–Kier alpha value is -2.05. The first-order chi connectivity index (χ1) is 13.3. The molecule has 3 rings (SSSR count). The number of likely N-dealkylation sites (tertiary alicyclic amines) is 1. The van der Waals surface area contributed by atoms with E-state index in [1.165, 1.54) is 5.56 Å². The molecule has 2 fully saturated rings. The highest BCUT2D eigenvalue weighted by Gasteiger charge is 2.35. The van der Waals surface area contributed by atoms with Crippen LogP contribution in [0.5, 0.6) is 5.75 Å². The molecule has 6 heteroatoms.